The highest BCUT2D eigenvalue weighted by Crippen LogP contribution is 2.36. The zero-order valence-electron chi connectivity index (χ0n) is 7.44. The first-order valence-corrected chi connectivity index (χ1v) is 8.43. The van der Waals surface area contributed by atoms with Gasteiger partial charge in [-0.1, -0.05) is 47.8 Å². The van der Waals surface area contributed by atoms with Crippen molar-refractivity contribution in [3.8, 4) is 5.75 Å². The van der Waals surface area contributed by atoms with E-state index in [9.17, 15) is 0 Å². The number of alkyl halides is 2. The molecule has 1 rings (SSSR count). The molecule has 0 aromatic heterocycles. The molecule has 0 fully saturated rings. The fraction of sp³-hybridized carbons (Fsp3) is 0.333. The molecule has 0 aliphatic rings. The Morgan fingerprint density at radius 2 is 1.67 bits per heavy atom. The summed E-state index contributed by atoms with van der Waals surface area (Å²) in [4.78, 5) is 0.306. The number of hydrogen-bond donors (Lipinski definition) is 0. The van der Waals surface area contributed by atoms with Crippen LogP contribution < -0.4 is 4.74 Å². The largest absolute Gasteiger partial charge is 0.490 e. The molecule has 1 aromatic rings. The molecule has 0 aliphatic heterocycles. The Labute approximate surface area is 131 Å². The molecule has 0 spiro atoms. The maximum absolute atomic E-state index is 5.68. The highest BCUT2D eigenvalue weighted by atomic mass is 79.9. The minimum absolute atomic E-state index is 0.306. The Kier molecular flexibility index (Phi) is 6.75. The molecule has 0 saturated heterocycles. The van der Waals surface area contributed by atoms with Crippen molar-refractivity contribution in [2.24, 2.45) is 0 Å². The quantitative estimate of drug-likeness (QED) is 0.467. The molecule has 0 bridgehead atoms. The van der Waals surface area contributed by atoms with Gasteiger partial charge in [0.2, 0.25) is 0 Å². The number of ether oxygens (including phenoxy) is 1. The van der Waals surface area contributed by atoms with Crippen molar-refractivity contribution in [2.75, 3.05) is 11.9 Å². The van der Waals surface area contributed by atoms with E-state index in [1.165, 1.54) is 0 Å². The molecule has 0 radical (unpaired) electrons. The third kappa shape index (κ3) is 4.66. The van der Waals surface area contributed by atoms with Gasteiger partial charge in [0, 0.05) is 9.80 Å². The van der Waals surface area contributed by atoms with Crippen molar-refractivity contribution in [3.63, 3.8) is 0 Å². The van der Waals surface area contributed by atoms with Crippen molar-refractivity contribution < 1.29 is 4.74 Å². The van der Waals surface area contributed by atoms with E-state index in [0.29, 0.717) is 11.4 Å². The molecule has 0 aliphatic carbocycles. The smallest absolute Gasteiger partial charge is 0.147 e. The van der Waals surface area contributed by atoms with E-state index in [2.05, 4.69) is 79.6 Å². The van der Waals surface area contributed by atoms with Gasteiger partial charge in [0.1, 0.15) is 12.4 Å². The monoisotopic (exact) mass is 526 g/mol. The summed E-state index contributed by atoms with van der Waals surface area (Å²) in [6.07, 6.45) is 0. The standard InChI is InChI=1S/C9H7Br5O/c10-3-6(12)4-15-9-7(13)1-5(11)2-8(9)14/h1-2,6H,3-4H2. The van der Waals surface area contributed by atoms with Crippen molar-refractivity contribution >= 4 is 79.6 Å². The minimum Gasteiger partial charge on any atom is -0.490 e. The summed E-state index contributed by atoms with van der Waals surface area (Å²) in [5.41, 5.74) is 0. The Balaban J connectivity index is 2.77. The molecule has 1 atom stereocenters. The van der Waals surface area contributed by atoms with E-state index in [1.807, 2.05) is 12.1 Å². The van der Waals surface area contributed by atoms with E-state index in [0.717, 1.165) is 24.5 Å². The summed E-state index contributed by atoms with van der Waals surface area (Å²) in [7, 11) is 0. The Morgan fingerprint density at radius 3 is 2.13 bits per heavy atom. The number of halogens is 5. The number of rotatable bonds is 4. The van der Waals surface area contributed by atoms with Crippen LogP contribution in [0.4, 0.5) is 0 Å². The summed E-state index contributed by atoms with van der Waals surface area (Å²) in [6.45, 7) is 0.615. The van der Waals surface area contributed by atoms with E-state index in [4.69, 9.17) is 4.74 Å². The third-order valence-corrected chi connectivity index (χ3v) is 5.41. The molecule has 1 aromatic carbocycles. The van der Waals surface area contributed by atoms with Crippen LogP contribution in [0.15, 0.2) is 25.6 Å². The van der Waals surface area contributed by atoms with Gasteiger partial charge >= 0.3 is 0 Å². The summed E-state index contributed by atoms with van der Waals surface area (Å²) >= 11 is 17.2. The van der Waals surface area contributed by atoms with Crippen molar-refractivity contribution in [3.05, 3.63) is 25.6 Å². The zero-order valence-corrected chi connectivity index (χ0v) is 15.4. The van der Waals surface area contributed by atoms with Gasteiger partial charge in [0.15, 0.2) is 0 Å². The molecular weight excluding hydrogens is 524 g/mol. The lowest BCUT2D eigenvalue weighted by molar-refractivity contribution is 0.321. The van der Waals surface area contributed by atoms with E-state index >= 15 is 0 Å². The van der Waals surface area contributed by atoms with Gasteiger partial charge < -0.3 is 4.74 Å². The molecule has 6 heteroatoms. The molecule has 0 amide bonds. The second-order valence-corrected chi connectivity index (χ2v) is 7.33. The summed E-state index contributed by atoms with van der Waals surface area (Å²) < 4.78 is 8.55. The summed E-state index contributed by atoms with van der Waals surface area (Å²) in [5.74, 6) is 0.823. The highest BCUT2D eigenvalue weighted by Gasteiger charge is 2.10. The maximum Gasteiger partial charge on any atom is 0.147 e. The van der Waals surface area contributed by atoms with Gasteiger partial charge in [-0.2, -0.15) is 0 Å². The maximum atomic E-state index is 5.68. The lowest BCUT2D eigenvalue weighted by Gasteiger charge is -2.12. The van der Waals surface area contributed by atoms with Crippen LogP contribution in [0.1, 0.15) is 0 Å². The first-order valence-electron chi connectivity index (χ1n) is 4.02. The van der Waals surface area contributed by atoms with Gasteiger partial charge in [-0.3, -0.25) is 0 Å². The molecule has 1 unspecified atom stereocenters. The normalized spacial score (nSPS) is 12.6. The van der Waals surface area contributed by atoms with Gasteiger partial charge in [0.05, 0.1) is 13.8 Å². The van der Waals surface area contributed by atoms with Crippen LogP contribution >= 0.6 is 79.6 Å². The molecule has 0 N–H and O–H groups in total. The number of hydrogen-bond acceptors (Lipinski definition) is 1. The second-order valence-electron chi connectivity index (χ2n) is 2.76. The fourth-order valence-electron chi connectivity index (χ4n) is 0.885. The van der Waals surface area contributed by atoms with Gasteiger partial charge in [-0.15, -0.1) is 0 Å². The predicted molar refractivity (Wildman–Crippen MR) is 81.5 cm³/mol. The molecule has 0 saturated carbocycles. The molecule has 0 heterocycles. The van der Waals surface area contributed by atoms with Crippen molar-refractivity contribution in [1.29, 1.82) is 0 Å². The lowest BCUT2D eigenvalue weighted by Crippen LogP contribution is -2.12. The molecular formula is C9H7Br5O. The Hall–Kier alpha value is 1.42. The minimum atomic E-state index is 0.306. The third-order valence-electron chi connectivity index (χ3n) is 1.54. The van der Waals surface area contributed by atoms with Gasteiger partial charge in [0.25, 0.3) is 0 Å². The Morgan fingerprint density at radius 1 is 1.13 bits per heavy atom. The average molecular weight is 531 g/mol. The highest BCUT2D eigenvalue weighted by molar-refractivity contribution is 9.12. The Bertz CT molecular complexity index is 318. The van der Waals surface area contributed by atoms with E-state index < -0.39 is 0 Å². The predicted octanol–water partition coefficient (Wildman–Crippen LogP) is 5.51. The van der Waals surface area contributed by atoms with E-state index in [-0.39, 0.29) is 0 Å². The fourth-order valence-corrected chi connectivity index (χ4v) is 3.69. The summed E-state index contributed by atoms with van der Waals surface area (Å²) in [5, 5.41) is 0.860. The molecule has 84 valence electrons. The average Bonchev–Trinajstić information content (AvgIpc) is 2.15. The van der Waals surface area contributed by atoms with Crippen LogP contribution in [0.2, 0.25) is 0 Å². The van der Waals surface area contributed by atoms with Crippen LogP contribution in [0.25, 0.3) is 0 Å². The first-order chi connectivity index (χ1) is 7.04. The van der Waals surface area contributed by atoms with Crippen LogP contribution in [-0.2, 0) is 0 Å². The first kappa shape index (κ1) is 14.5. The van der Waals surface area contributed by atoms with Crippen LogP contribution in [0, 0.1) is 0 Å². The summed E-state index contributed by atoms with van der Waals surface area (Å²) in [6, 6.07) is 3.91. The van der Waals surface area contributed by atoms with Crippen LogP contribution in [0.5, 0.6) is 5.75 Å². The molecule has 1 nitrogen and oxygen atoms in total. The molecule has 15 heavy (non-hydrogen) atoms. The number of benzene rings is 1. The van der Waals surface area contributed by atoms with Crippen LogP contribution in [-0.4, -0.2) is 16.8 Å². The van der Waals surface area contributed by atoms with Crippen LogP contribution in [0.3, 0.4) is 0 Å². The zero-order chi connectivity index (χ0) is 11.4. The van der Waals surface area contributed by atoms with Gasteiger partial charge in [-0.05, 0) is 44.0 Å². The lowest BCUT2D eigenvalue weighted by atomic mass is 10.3. The SMILES string of the molecule is BrCC(Br)COc1c(Br)cc(Br)cc1Br. The van der Waals surface area contributed by atoms with Gasteiger partial charge in [-0.25, -0.2) is 0 Å². The topological polar surface area (TPSA) is 9.23 Å². The second kappa shape index (κ2) is 6.99. The van der Waals surface area contributed by atoms with E-state index in [1.54, 1.807) is 0 Å². The van der Waals surface area contributed by atoms with Crippen molar-refractivity contribution in [2.45, 2.75) is 4.83 Å². The van der Waals surface area contributed by atoms with Crippen molar-refractivity contribution in [1.82, 2.24) is 0 Å².